The summed E-state index contributed by atoms with van der Waals surface area (Å²) in [5, 5.41) is 24.1. The molecule has 126 valence electrons. The third-order valence-corrected chi connectivity index (χ3v) is 3.44. The van der Waals surface area contributed by atoms with Crippen LogP contribution in [0.4, 0.5) is 17.1 Å². The number of para-hydroxylation sites is 1. The zero-order valence-electron chi connectivity index (χ0n) is 13.1. The fourth-order valence-corrected chi connectivity index (χ4v) is 2.25. The first-order valence-electron chi connectivity index (χ1n) is 7.20. The van der Waals surface area contributed by atoms with Gasteiger partial charge in [0.25, 0.3) is 11.2 Å². The smallest absolute Gasteiger partial charge is 0.292 e. The maximum Gasteiger partial charge on any atom is 0.292 e. The normalized spacial score (nSPS) is 10.9. The van der Waals surface area contributed by atoms with Crippen molar-refractivity contribution in [1.82, 2.24) is 10.2 Å². The molecule has 2 aromatic carbocycles. The number of nitrogens with zero attached hydrogens (tertiary/aromatic N) is 3. The lowest BCUT2D eigenvalue weighted by molar-refractivity contribution is -0.384. The maximum absolute atomic E-state index is 12.0. The number of benzene rings is 2. The van der Waals surface area contributed by atoms with Crippen LogP contribution in [0.1, 0.15) is 0 Å². The first-order valence-corrected chi connectivity index (χ1v) is 7.20. The number of azo groups is 1. The minimum absolute atomic E-state index is 0.0198. The second-order valence-electron chi connectivity index (χ2n) is 4.98. The van der Waals surface area contributed by atoms with Gasteiger partial charge in [0, 0.05) is 17.7 Å². The van der Waals surface area contributed by atoms with Crippen LogP contribution < -0.4 is 10.3 Å². The number of hydrogen-bond acceptors (Lipinski definition) is 6. The summed E-state index contributed by atoms with van der Waals surface area (Å²) in [6.45, 7) is 0. The summed E-state index contributed by atoms with van der Waals surface area (Å²) in [5.74, 6) is 0.509. The number of aromatic nitrogens is 2. The minimum atomic E-state index is -0.510. The highest BCUT2D eigenvalue weighted by Gasteiger charge is 2.15. The van der Waals surface area contributed by atoms with Crippen molar-refractivity contribution in [1.29, 1.82) is 0 Å². The lowest BCUT2D eigenvalue weighted by Gasteiger charge is -2.02. The molecule has 9 heteroatoms. The molecule has 0 amide bonds. The van der Waals surface area contributed by atoms with Gasteiger partial charge in [0.1, 0.15) is 11.4 Å². The van der Waals surface area contributed by atoms with E-state index < -0.39 is 10.5 Å². The summed E-state index contributed by atoms with van der Waals surface area (Å²) in [6, 6.07) is 12.8. The van der Waals surface area contributed by atoms with Gasteiger partial charge in [-0.3, -0.25) is 25.1 Å². The monoisotopic (exact) mass is 339 g/mol. The summed E-state index contributed by atoms with van der Waals surface area (Å²) >= 11 is 0. The van der Waals surface area contributed by atoms with E-state index in [1.54, 1.807) is 30.3 Å². The highest BCUT2D eigenvalue weighted by atomic mass is 16.6. The van der Waals surface area contributed by atoms with E-state index in [2.05, 4.69) is 20.4 Å². The van der Waals surface area contributed by atoms with Gasteiger partial charge >= 0.3 is 0 Å². The minimum Gasteiger partial charge on any atom is -0.494 e. The zero-order chi connectivity index (χ0) is 17.8. The average molecular weight is 339 g/mol. The summed E-state index contributed by atoms with van der Waals surface area (Å²) in [7, 11) is 1.51. The zero-order valence-corrected chi connectivity index (χ0v) is 13.1. The average Bonchev–Trinajstić information content (AvgIpc) is 3.01. The van der Waals surface area contributed by atoms with Crippen LogP contribution in [0, 0.1) is 10.1 Å². The molecular formula is C16H13N5O4. The number of aromatic amines is 2. The van der Waals surface area contributed by atoms with Gasteiger partial charge < -0.3 is 4.74 Å². The van der Waals surface area contributed by atoms with Crippen LogP contribution in [0.5, 0.6) is 5.75 Å². The largest absolute Gasteiger partial charge is 0.494 e. The molecule has 0 saturated carbocycles. The molecular weight excluding hydrogens is 326 g/mol. The molecule has 0 aliphatic heterocycles. The molecule has 0 aliphatic rings. The summed E-state index contributed by atoms with van der Waals surface area (Å²) < 4.78 is 5.18. The van der Waals surface area contributed by atoms with Crippen molar-refractivity contribution >= 4 is 17.1 Å². The van der Waals surface area contributed by atoms with E-state index in [-0.39, 0.29) is 11.4 Å². The number of nitrogens with one attached hydrogen (secondary N) is 2. The Bertz CT molecular complexity index is 1010. The van der Waals surface area contributed by atoms with Crippen LogP contribution in [0.25, 0.3) is 11.3 Å². The van der Waals surface area contributed by atoms with Gasteiger partial charge in [-0.25, -0.2) is 0 Å². The molecule has 1 heterocycles. The molecule has 0 fully saturated rings. The van der Waals surface area contributed by atoms with Crippen molar-refractivity contribution in [2.24, 2.45) is 10.2 Å². The Morgan fingerprint density at radius 2 is 1.88 bits per heavy atom. The van der Waals surface area contributed by atoms with E-state index in [9.17, 15) is 14.9 Å². The highest BCUT2D eigenvalue weighted by molar-refractivity contribution is 5.72. The number of nitro groups is 1. The third-order valence-electron chi connectivity index (χ3n) is 3.44. The number of H-pyrrole nitrogens is 2. The maximum atomic E-state index is 12.0. The van der Waals surface area contributed by atoms with E-state index in [1.165, 1.54) is 25.3 Å². The van der Waals surface area contributed by atoms with Crippen LogP contribution in [-0.4, -0.2) is 22.2 Å². The van der Waals surface area contributed by atoms with Gasteiger partial charge in [-0.15, -0.1) is 10.2 Å². The van der Waals surface area contributed by atoms with Gasteiger partial charge in [0.05, 0.1) is 17.7 Å². The Morgan fingerprint density at radius 3 is 2.64 bits per heavy atom. The summed E-state index contributed by atoms with van der Waals surface area (Å²) in [6.07, 6.45) is 0. The molecule has 0 saturated heterocycles. The Hall–Kier alpha value is -3.75. The topological polar surface area (TPSA) is 126 Å². The lowest BCUT2D eigenvalue weighted by atomic mass is 10.1. The lowest BCUT2D eigenvalue weighted by Crippen LogP contribution is -1.96. The van der Waals surface area contributed by atoms with Crippen molar-refractivity contribution < 1.29 is 9.66 Å². The highest BCUT2D eigenvalue weighted by Crippen LogP contribution is 2.31. The fourth-order valence-electron chi connectivity index (χ4n) is 2.25. The molecule has 1 aromatic heterocycles. The van der Waals surface area contributed by atoms with Crippen molar-refractivity contribution in [2.75, 3.05) is 7.11 Å². The molecule has 0 radical (unpaired) electrons. The molecule has 3 aromatic rings. The van der Waals surface area contributed by atoms with Gasteiger partial charge in [-0.1, -0.05) is 24.3 Å². The van der Waals surface area contributed by atoms with Crippen LogP contribution in [0.2, 0.25) is 0 Å². The summed E-state index contributed by atoms with van der Waals surface area (Å²) in [5.41, 5.74) is 0.656. The molecule has 25 heavy (non-hydrogen) atoms. The number of ether oxygens (including phenoxy) is 1. The predicted octanol–water partition coefficient (Wildman–Crippen LogP) is 3.70. The van der Waals surface area contributed by atoms with E-state index >= 15 is 0 Å². The predicted molar refractivity (Wildman–Crippen MR) is 90.7 cm³/mol. The van der Waals surface area contributed by atoms with Crippen molar-refractivity contribution in [3.05, 3.63) is 69.0 Å². The van der Waals surface area contributed by atoms with E-state index in [4.69, 9.17) is 4.74 Å². The molecule has 9 nitrogen and oxygen atoms in total. The SMILES string of the molecule is COc1ccccc1N=Nc1c(-c2cccc([N+](=O)[O-])c2)[nH][nH]c1=O. The quantitative estimate of drug-likeness (QED) is 0.417. The number of non-ortho nitro benzene ring substituents is 1. The van der Waals surface area contributed by atoms with Crippen molar-refractivity contribution in [3.63, 3.8) is 0 Å². The molecule has 3 rings (SSSR count). The Labute approximate surface area is 141 Å². The molecule has 0 atom stereocenters. The van der Waals surface area contributed by atoms with Crippen LogP contribution >= 0.6 is 0 Å². The fraction of sp³-hybridized carbons (Fsp3) is 0.0625. The van der Waals surface area contributed by atoms with Crippen molar-refractivity contribution in [2.45, 2.75) is 0 Å². The number of hydrogen-bond donors (Lipinski definition) is 2. The second-order valence-corrected chi connectivity index (χ2v) is 4.98. The van der Waals surface area contributed by atoms with Crippen molar-refractivity contribution in [3.8, 4) is 17.0 Å². The molecule has 0 spiro atoms. The number of nitro benzene ring substituents is 1. The van der Waals surface area contributed by atoms with Gasteiger partial charge in [0.15, 0.2) is 5.69 Å². The van der Waals surface area contributed by atoms with Crippen LogP contribution in [0.15, 0.2) is 63.6 Å². The Kier molecular flexibility index (Phi) is 4.38. The van der Waals surface area contributed by atoms with Crippen LogP contribution in [-0.2, 0) is 0 Å². The van der Waals surface area contributed by atoms with E-state index in [1.807, 2.05) is 0 Å². The number of rotatable bonds is 5. The van der Waals surface area contributed by atoms with E-state index in [0.717, 1.165) is 0 Å². The molecule has 0 unspecified atom stereocenters. The number of methoxy groups -OCH3 is 1. The standard InChI is InChI=1S/C16H13N5O4/c1-25-13-8-3-2-7-12(13)17-19-15-14(18-20-16(15)22)10-5-4-6-11(9-10)21(23)24/h2-9H,1H3,(H2,18,20,22). The molecule has 0 aliphatic carbocycles. The Balaban J connectivity index is 2.03. The summed E-state index contributed by atoms with van der Waals surface area (Å²) in [4.78, 5) is 22.4. The first kappa shape index (κ1) is 16.1. The molecule has 0 bridgehead atoms. The van der Waals surface area contributed by atoms with Crippen LogP contribution in [0.3, 0.4) is 0 Å². The van der Waals surface area contributed by atoms with Gasteiger partial charge in [-0.2, -0.15) is 0 Å². The first-order chi connectivity index (χ1) is 12.1. The Morgan fingerprint density at radius 1 is 1.08 bits per heavy atom. The van der Waals surface area contributed by atoms with Gasteiger partial charge in [0.2, 0.25) is 0 Å². The molecule has 2 N–H and O–H groups in total. The third kappa shape index (κ3) is 3.29. The van der Waals surface area contributed by atoms with E-state index in [0.29, 0.717) is 22.7 Å². The second kappa shape index (κ2) is 6.79. The van der Waals surface area contributed by atoms with Gasteiger partial charge in [-0.05, 0) is 12.1 Å².